The highest BCUT2D eigenvalue weighted by molar-refractivity contribution is 5.68. The maximum atomic E-state index is 12.7. The van der Waals surface area contributed by atoms with Gasteiger partial charge in [0.2, 0.25) is 0 Å². The molecule has 1 amide bonds. The molecule has 0 aliphatic heterocycles. The van der Waals surface area contributed by atoms with Gasteiger partial charge in [0, 0.05) is 6.42 Å². The Morgan fingerprint density at radius 2 is 1.68 bits per heavy atom. The number of carboxylic acids is 1. The number of carbonyl (C=O) groups excluding carboxylic acids is 1. The molecule has 37 heavy (non-hydrogen) atoms. The quantitative estimate of drug-likeness (QED) is 0.262. The molecule has 0 spiro atoms. The van der Waals surface area contributed by atoms with Crippen LogP contribution in [0.25, 0.3) is 11.3 Å². The first-order valence-corrected chi connectivity index (χ1v) is 12.7. The lowest BCUT2D eigenvalue weighted by Gasteiger charge is -2.24. The van der Waals surface area contributed by atoms with Gasteiger partial charge in [-0.15, -0.1) is 0 Å². The molecule has 8 nitrogen and oxygen atoms in total. The number of carboxylic acid groups (broad SMARTS) is 1. The molecule has 0 radical (unpaired) electrons. The molecule has 0 fully saturated rings. The van der Waals surface area contributed by atoms with Crippen LogP contribution in [-0.4, -0.2) is 32.3 Å². The summed E-state index contributed by atoms with van der Waals surface area (Å²) in [5, 5.41) is 11.9. The van der Waals surface area contributed by atoms with Crippen molar-refractivity contribution in [2.24, 2.45) is 0 Å². The highest BCUT2D eigenvalue weighted by Crippen LogP contribution is 2.27. The third-order valence-electron chi connectivity index (χ3n) is 5.67. The van der Waals surface area contributed by atoms with Crippen molar-refractivity contribution in [1.29, 1.82) is 0 Å². The van der Waals surface area contributed by atoms with Gasteiger partial charge in [-0.3, -0.25) is 4.79 Å². The van der Waals surface area contributed by atoms with Crippen molar-refractivity contribution in [1.82, 2.24) is 14.9 Å². The van der Waals surface area contributed by atoms with E-state index in [1.165, 1.54) is 0 Å². The van der Waals surface area contributed by atoms with Crippen molar-refractivity contribution >= 4 is 12.1 Å². The van der Waals surface area contributed by atoms with Crippen molar-refractivity contribution in [3.8, 4) is 11.3 Å². The van der Waals surface area contributed by atoms with Crippen LogP contribution >= 0.6 is 0 Å². The minimum atomic E-state index is -0.804. The standard InChI is InChI=1S/C29H37N3O5/c1-29(2,3)37-28(35)31-24(17-11-6-12-18-26(33)34)27-30-19-25(23-15-9-5-10-16-23)32(27)21-36-20-22-13-7-4-8-14-22/h4-5,7-10,13-16,19,24H,6,11-12,17-18,20-21H2,1-3H3,(H,31,35)(H,33,34)/t24-/m0/s1. The number of ether oxygens (including phenoxy) is 2. The van der Waals surface area contributed by atoms with Crippen molar-refractivity contribution in [2.45, 2.75) is 77.9 Å². The van der Waals surface area contributed by atoms with Crippen LogP contribution in [0.15, 0.2) is 66.9 Å². The van der Waals surface area contributed by atoms with Crippen molar-refractivity contribution in [3.05, 3.63) is 78.2 Å². The molecule has 3 aromatic rings. The van der Waals surface area contributed by atoms with Gasteiger partial charge >= 0.3 is 12.1 Å². The van der Waals surface area contributed by atoms with Gasteiger partial charge in [0.15, 0.2) is 0 Å². The summed E-state index contributed by atoms with van der Waals surface area (Å²) in [6, 6.07) is 19.4. The Bertz CT molecular complexity index is 1120. The van der Waals surface area contributed by atoms with Crippen LogP contribution in [0.4, 0.5) is 4.79 Å². The number of alkyl carbamates (subject to hydrolysis) is 1. The van der Waals surface area contributed by atoms with Crippen LogP contribution in [0.5, 0.6) is 0 Å². The fourth-order valence-electron chi connectivity index (χ4n) is 3.99. The maximum absolute atomic E-state index is 12.7. The molecule has 2 aromatic carbocycles. The molecular weight excluding hydrogens is 470 g/mol. The Labute approximate surface area is 218 Å². The number of benzene rings is 2. The summed E-state index contributed by atoms with van der Waals surface area (Å²) < 4.78 is 13.6. The van der Waals surface area contributed by atoms with E-state index >= 15 is 0 Å². The predicted octanol–water partition coefficient (Wildman–Crippen LogP) is 6.33. The van der Waals surface area contributed by atoms with E-state index in [0.29, 0.717) is 25.3 Å². The molecular formula is C29H37N3O5. The number of nitrogens with one attached hydrogen (secondary N) is 1. The van der Waals surface area contributed by atoms with E-state index in [-0.39, 0.29) is 13.2 Å². The second-order valence-corrected chi connectivity index (χ2v) is 9.95. The SMILES string of the molecule is CC(C)(C)OC(=O)N[C@@H](CCCCCC(=O)O)c1ncc(-c2ccccc2)n1COCc1ccccc1. The molecule has 3 rings (SSSR count). The van der Waals surface area contributed by atoms with Crippen LogP contribution in [0.3, 0.4) is 0 Å². The lowest BCUT2D eigenvalue weighted by Crippen LogP contribution is -2.36. The summed E-state index contributed by atoms with van der Waals surface area (Å²) >= 11 is 0. The fourth-order valence-corrected chi connectivity index (χ4v) is 3.99. The van der Waals surface area contributed by atoms with Gasteiger partial charge in [-0.05, 0) is 44.7 Å². The minimum Gasteiger partial charge on any atom is -0.481 e. The van der Waals surface area contributed by atoms with Crippen molar-refractivity contribution in [2.75, 3.05) is 0 Å². The smallest absolute Gasteiger partial charge is 0.408 e. The fraction of sp³-hybridized carbons (Fsp3) is 0.414. The maximum Gasteiger partial charge on any atom is 0.408 e. The van der Waals surface area contributed by atoms with Crippen LogP contribution < -0.4 is 5.32 Å². The highest BCUT2D eigenvalue weighted by Gasteiger charge is 2.25. The lowest BCUT2D eigenvalue weighted by atomic mass is 10.1. The van der Waals surface area contributed by atoms with Crippen LogP contribution in [0, 0.1) is 0 Å². The largest absolute Gasteiger partial charge is 0.481 e. The Hall–Kier alpha value is -3.65. The zero-order valence-corrected chi connectivity index (χ0v) is 21.9. The molecule has 0 saturated carbocycles. The summed E-state index contributed by atoms with van der Waals surface area (Å²) in [7, 11) is 0. The molecule has 198 valence electrons. The van der Waals surface area contributed by atoms with Crippen molar-refractivity contribution < 1.29 is 24.2 Å². The predicted molar refractivity (Wildman–Crippen MR) is 142 cm³/mol. The van der Waals surface area contributed by atoms with Crippen molar-refractivity contribution in [3.63, 3.8) is 0 Å². The van der Waals surface area contributed by atoms with E-state index in [1.54, 1.807) is 6.20 Å². The summed E-state index contributed by atoms with van der Waals surface area (Å²) in [6.07, 6.45) is 4.03. The topological polar surface area (TPSA) is 103 Å². The number of hydrogen-bond donors (Lipinski definition) is 2. The zero-order chi connectivity index (χ0) is 26.7. The molecule has 8 heteroatoms. The molecule has 1 aromatic heterocycles. The Kier molecular flexibility index (Phi) is 10.3. The number of aliphatic carboxylic acids is 1. The Balaban J connectivity index is 1.85. The molecule has 0 bridgehead atoms. The lowest BCUT2D eigenvalue weighted by molar-refractivity contribution is -0.137. The van der Waals surface area contributed by atoms with E-state index < -0.39 is 23.7 Å². The zero-order valence-electron chi connectivity index (χ0n) is 21.9. The second kappa shape index (κ2) is 13.6. The number of nitrogens with zero attached hydrogens (tertiary/aromatic N) is 2. The number of rotatable bonds is 13. The first kappa shape index (κ1) is 27.9. The average molecular weight is 508 g/mol. The van der Waals surface area contributed by atoms with E-state index in [1.807, 2.05) is 86.0 Å². The number of imidazole rings is 1. The first-order chi connectivity index (χ1) is 17.7. The number of carbonyl (C=O) groups is 2. The summed E-state index contributed by atoms with van der Waals surface area (Å²) in [4.78, 5) is 28.3. The highest BCUT2D eigenvalue weighted by atomic mass is 16.6. The van der Waals surface area contributed by atoms with Gasteiger partial charge in [0.1, 0.15) is 18.2 Å². The summed E-state index contributed by atoms with van der Waals surface area (Å²) in [5.41, 5.74) is 2.29. The minimum absolute atomic E-state index is 0.129. The third kappa shape index (κ3) is 9.38. The van der Waals surface area contributed by atoms with Gasteiger partial charge < -0.3 is 24.5 Å². The molecule has 2 N–H and O–H groups in total. The van der Waals surface area contributed by atoms with E-state index in [4.69, 9.17) is 19.6 Å². The van der Waals surface area contributed by atoms with Gasteiger partial charge in [-0.2, -0.15) is 0 Å². The van der Waals surface area contributed by atoms with Crippen LogP contribution in [0.1, 0.15) is 70.3 Å². The average Bonchev–Trinajstić information content (AvgIpc) is 3.27. The van der Waals surface area contributed by atoms with E-state index in [0.717, 1.165) is 29.7 Å². The normalized spacial score (nSPS) is 12.2. The number of unbranched alkanes of at least 4 members (excludes halogenated alkanes) is 2. The molecule has 1 heterocycles. The molecule has 0 unspecified atom stereocenters. The molecule has 1 atom stereocenters. The van der Waals surface area contributed by atoms with Crippen LogP contribution in [-0.2, 0) is 27.6 Å². The molecule has 0 aliphatic rings. The number of amides is 1. The third-order valence-corrected chi connectivity index (χ3v) is 5.67. The Morgan fingerprint density at radius 1 is 1.00 bits per heavy atom. The molecule has 0 aliphatic carbocycles. The monoisotopic (exact) mass is 507 g/mol. The summed E-state index contributed by atoms with van der Waals surface area (Å²) in [6.45, 7) is 6.14. The van der Waals surface area contributed by atoms with Crippen LogP contribution in [0.2, 0.25) is 0 Å². The van der Waals surface area contributed by atoms with Gasteiger partial charge in [0.25, 0.3) is 0 Å². The number of hydrogen-bond acceptors (Lipinski definition) is 5. The van der Waals surface area contributed by atoms with E-state index in [9.17, 15) is 9.59 Å². The van der Waals surface area contributed by atoms with E-state index in [2.05, 4.69) is 5.32 Å². The van der Waals surface area contributed by atoms with Gasteiger partial charge in [-0.1, -0.05) is 73.5 Å². The number of aromatic nitrogens is 2. The first-order valence-electron chi connectivity index (χ1n) is 12.7. The van der Waals surface area contributed by atoms with Gasteiger partial charge in [0.05, 0.1) is 24.5 Å². The second-order valence-electron chi connectivity index (χ2n) is 9.95. The van der Waals surface area contributed by atoms with Gasteiger partial charge in [-0.25, -0.2) is 9.78 Å². The molecule has 0 saturated heterocycles. The Morgan fingerprint density at radius 3 is 2.32 bits per heavy atom. The summed E-state index contributed by atoms with van der Waals surface area (Å²) in [5.74, 6) is -0.141.